The number of carbonyl (C=O) groups is 2. The molecule has 0 rings (SSSR count). The Bertz CT molecular complexity index is 256. The van der Waals surface area contributed by atoms with Crippen LogP contribution in [0.5, 0.6) is 0 Å². The van der Waals surface area contributed by atoms with Crippen molar-refractivity contribution in [2.24, 2.45) is 10.6 Å². The highest BCUT2D eigenvalue weighted by Crippen LogP contribution is 1.88. The largest absolute Gasteiger partial charge is 0.463 e. The summed E-state index contributed by atoms with van der Waals surface area (Å²) >= 11 is 0. The molecular formula is C9H16N2O6. The van der Waals surface area contributed by atoms with E-state index in [2.05, 4.69) is 29.7 Å². The van der Waals surface area contributed by atoms with Gasteiger partial charge in [-0.3, -0.25) is 0 Å². The number of rotatable bonds is 9. The zero-order chi connectivity index (χ0) is 12.9. The molecule has 0 amide bonds. The summed E-state index contributed by atoms with van der Waals surface area (Å²) in [5, 5.41) is 6.09. The van der Waals surface area contributed by atoms with E-state index in [9.17, 15) is 9.59 Å². The lowest BCUT2D eigenvalue weighted by atomic mass is 10.5. The standard InChI is InChI=1S/C9H16N2O6/c1-3-5-15-9(13)7-17-11-10-16-6-8(12)14-4-2/h3-7H2,1-2H3. The maximum atomic E-state index is 10.9. The highest BCUT2D eigenvalue weighted by molar-refractivity contribution is 5.70. The fourth-order valence-corrected chi connectivity index (χ4v) is 0.671. The van der Waals surface area contributed by atoms with E-state index in [1.807, 2.05) is 6.92 Å². The number of nitrogens with zero attached hydrogens (tertiary/aromatic N) is 2. The number of hydrogen-bond donors (Lipinski definition) is 0. The van der Waals surface area contributed by atoms with Crippen LogP contribution in [0.25, 0.3) is 0 Å². The lowest BCUT2D eigenvalue weighted by Crippen LogP contribution is -2.11. The second kappa shape index (κ2) is 10.7. The maximum Gasteiger partial charge on any atom is 0.347 e. The van der Waals surface area contributed by atoms with Crippen LogP contribution in [0.3, 0.4) is 0 Å². The van der Waals surface area contributed by atoms with Gasteiger partial charge in [-0.25, -0.2) is 9.59 Å². The summed E-state index contributed by atoms with van der Waals surface area (Å²) in [7, 11) is 0. The molecule has 0 unspecified atom stereocenters. The molecule has 0 saturated carbocycles. The lowest BCUT2D eigenvalue weighted by Gasteiger charge is -2.00. The van der Waals surface area contributed by atoms with Gasteiger partial charge in [0.15, 0.2) is 0 Å². The predicted octanol–water partition coefficient (Wildman–Crippen LogP) is 0.818. The van der Waals surface area contributed by atoms with Crippen LogP contribution < -0.4 is 0 Å². The molecule has 0 aliphatic heterocycles. The van der Waals surface area contributed by atoms with Gasteiger partial charge in [-0.2, -0.15) is 0 Å². The minimum absolute atomic E-state index is 0.263. The van der Waals surface area contributed by atoms with Crippen LogP contribution in [0, 0.1) is 0 Å². The summed E-state index contributed by atoms with van der Waals surface area (Å²) in [6, 6.07) is 0. The average molecular weight is 248 g/mol. The second-order valence-electron chi connectivity index (χ2n) is 2.74. The Morgan fingerprint density at radius 3 is 1.94 bits per heavy atom. The topological polar surface area (TPSA) is 95.8 Å². The molecule has 0 atom stereocenters. The highest BCUT2D eigenvalue weighted by atomic mass is 16.7. The average Bonchev–Trinajstić information content (AvgIpc) is 2.31. The first-order valence-electron chi connectivity index (χ1n) is 5.16. The Balaban J connectivity index is 3.42. The molecule has 0 aromatic carbocycles. The van der Waals surface area contributed by atoms with Crippen molar-refractivity contribution in [3.05, 3.63) is 0 Å². The van der Waals surface area contributed by atoms with E-state index in [0.29, 0.717) is 6.61 Å². The number of ether oxygens (including phenoxy) is 2. The Morgan fingerprint density at radius 1 is 0.941 bits per heavy atom. The van der Waals surface area contributed by atoms with Gasteiger partial charge >= 0.3 is 11.9 Å². The zero-order valence-electron chi connectivity index (χ0n) is 9.88. The molecule has 17 heavy (non-hydrogen) atoms. The lowest BCUT2D eigenvalue weighted by molar-refractivity contribution is -0.152. The second-order valence-corrected chi connectivity index (χ2v) is 2.74. The summed E-state index contributed by atoms with van der Waals surface area (Å²) in [4.78, 5) is 30.5. The van der Waals surface area contributed by atoms with E-state index in [0.717, 1.165) is 6.42 Å². The number of carbonyl (C=O) groups excluding carboxylic acids is 2. The van der Waals surface area contributed by atoms with Crippen LogP contribution in [-0.2, 0) is 28.7 Å². The normalized spacial score (nSPS) is 10.0. The summed E-state index contributed by atoms with van der Waals surface area (Å²) in [6.45, 7) is 3.42. The smallest absolute Gasteiger partial charge is 0.347 e. The summed E-state index contributed by atoms with van der Waals surface area (Å²) in [6.07, 6.45) is 0.732. The predicted molar refractivity (Wildman–Crippen MR) is 54.6 cm³/mol. The molecule has 0 heterocycles. The van der Waals surface area contributed by atoms with Crippen molar-refractivity contribution in [1.29, 1.82) is 0 Å². The van der Waals surface area contributed by atoms with Crippen LogP contribution >= 0.6 is 0 Å². The summed E-state index contributed by atoms with van der Waals surface area (Å²) in [5.74, 6) is -1.11. The first-order valence-corrected chi connectivity index (χ1v) is 5.16. The van der Waals surface area contributed by atoms with Crippen molar-refractivity contribution in [2.45, 2.75) is 20.3 Å². The fraction of sp³-hybridized carbons (Fsp3) is 0.778. The molecule has 0 bridgehead atoms. The van der Waals surface area contributed by atoms with Crippen LogP contribution in [0.1, 0.15) is 20.3 Å². The van der Waals surface area contributed by atoms with Gasteiger partial charge in [0, 0.05) is 0 Å². The molecule has 8 heteroatoms. The van der Waals surface area contributed by atoms with Crippen molar-refractivity contribution in [3.63, 3.8) is 0 Å². The number of hydrogen-bond acceptors (Lipinski definition) is 8. The Hall–Kier alpha value is -1.86. The minimum atomic E-state index is -0.561. The van der Waals surface area contributed by atoms with Gasteiger partial charge in [0.25, 0.3) is 0 Å². The molecule has 0 aliphatic carbocycles. The van der Waals surface area contributed by atoms with Crippen LogP contribution in [0.15, 0.2) is 10.6 Å². The van der Waals surface area contributed by atoms with Gasteiger partial charge in [0.05, 0.1) is 23.8 Å². The third kappa shape index (κ3) is 10.4. The monoisotopic (exact) mass is 248 g/mol. The summed E-state index contributed by atoms with van der Waals surface area (Å²) in [5.41, 5.74) is 0. The van der Waals surface area contributed by atoms with Crippen molar-refractivity contribution in [3.8, 4) is 0 Å². The first-order chi connectivity index (χ1) is 8.20. The van der Waals surface area contributed by atoms with Gasteiger partial charge in [-0.05, 0) is 13.3 Å². The molecule has 0 radical (unpaired) electrons. The van der Waals surface area contributed by atoms with Crippen molar-refractivity contribution >= 4 is 11.9 Å². The quantitative estimate of drug-likeness (QED) is 0.340. The minimum Gasteiger partial charge on any atom is -0.463 e. The Kier molecular flexibility index (Phi) is 9.49. The van der Waals surface area contributed by atoms with Gasteiger partial charge in [-0.15, -0.1) is 0 Å². The SMILES string of the molecule is CCCOC(=O)CON=NOCC(=O)OCC. The van der Waals surface area contributed by atoms with Gasteiger partial charge in [-0.1, -0.05) is 6.92 Å². The third-order valence-electron chi connectivity index (χ3n) is 1.29. The van der Waals surface area contributed by atoms with Crippen LogP contribution in [0.2, 0.25) is 0 Å². The van der Waals surface area contributed by atoms with E-state index < -0.39 is 11.9 Å². The molecule has 0 N–H and O–H groups in total. The molecule has 0 fully saturated rings. The third-order valence-corrected chi connectivity index (χ3v) is 1.29. The number of esters is 2. The van der Waals surface area contributed by atoms with Crippen molar-refractivity contribution in [1.82, 2.24) is 0 Å². The Labute approximate surface area is 98.8 Å². The van der Waals surface area contributed by atoms with Gasteiger partial charge < -0.3 is 19.1 Å². The maximum absolute atomic E-state index is 10.9. The van der Waals surface area contributed by atoms with Crippen LogP contribution in [-0.4, -0.2) is 38.4 Å². The van der Waals surface area contributed by atoms with Crippen LogP contribution in [0.4, 0.5) is 0 Å². The molecular weight excluding hydrogens is 232 g/mol. The van der Waals surface area contributed by atoms with Crippen molar-refractivity contribution < 1.29 is 28.7 Å². The molecule has 8 nitrogen and oxygen atoms in total. The Morgan fingerprint density at radius 2 is 1.47 bits per heavy atom. The van der Waals surface area contributed by atoms with E-state index >= 15 is 0 Å². The summed E-state index contributed by atoms with van der Waals surface area (Å²) < 4.78 is 9.24. The first kappa shape index (κ1) is 15.1. The molecule has 0 aromatic heterocycles. The van der Waals surface area contributed by atoms with E-state index in [4.69, 9.17) is 0 Å². The van der Waals surface area contributed by atoms with Crippen molar-refractivity contribution in [2.75, 3.05) is 26.4 Å². The van der Waals surface area contributed by atoms with E-state index in [-0.39, 0.29) is 19.8 Å². The molecule has 0 spiro atoms. The van der Waals surface area contributed by atoms with E-state index in [1.165, 1.54) is 0 Å². The zero-order valence-corrected chi connectivity index (χ0v) is 9.88. The molecule has 0 aliphatic rings. The fourth-order valence-electron chi connectivity index (χ4n) is 0.671. The van der Waals surface area contributed by atoms with Gasteiger partial charge in [0.2, 0.25) is 13.2 Å². The molecule has 0 aromatic rings. The highest BCUT2D eigenvalue weighted by Gasteiger charge is 2.02. The molecule has 0 saturated heterocycles. The van der Waals surface area contributed by atoms with E-state index in [1.54, 1.807) is 6.92 Å². The molecule has 98 valence electrons. The van der Waals surface area contributed by atoms with Gasteiger partial charge in [0.1, 0.15) is 0 Å².